The van der Waals surface area contributed by atoms with Gasteiger partial charge in [-0.25, -0.2) is 14.4 Å². The van der Waals surface area contributed by atoms with E-state index in [1.807, 2.05) is 5.32 Å². The Morgan fingerprint density at radius 2 is 1.36 bits per heavy atom. The van der Waals surface area contributed by atoms with E-state index in [0.717, 1.165) is 12.1 Å². The first-order valence-electron chi connectivity index (χ1n) is 9.57. The van der Waals surface area contributed by atoms with Crippen LogP contribution in [0, 0.1) is 5.82 Å². The third kappa shape index (κ3) is 6.60. The molecule has 0 unspecified atom stereocenters. The lowest BCUT2D eigenvalue weighted by Crippen LogP contribution is -2.27. The second-order valence-electron chi connectivity index (χ2n) is 7.18. The highest BCUT2D eigenvalue weighted by Gasteiger charge is 2.39. The van der Waals surface area contributed by atoms with Gasteiger partial charge in [-0.2, -0.15) is 39.5 Å². The zero-order chi connectivity index (χ0) is 26.9. The number of carbonyl (C=O) groups is 1. The van der Waals surface area contributed by atoms with E-state index in [2.05, 4.69) is 15.3 Å². The van der Waals surface area contributed by atoms with E-state index in [1.54, 1.807) is 0 Å². The molecule has 0 bridgehead atoms. The van der Waals surface area contributed by atoms with Gasteiger partial charge in [-0.1, -0.05) is 12.1 Å². The molecule has 36 heavy (non-hydrogen) atoms. The van der Waals surface area contributed by atoms with Crippen LogP contribution in [0.1, 0.15) is 32.7 Å². The summed E-state index contributed by atoms with van der Waals surface area (Å²) in [7, 11) is 0. The fourth-order valence-corrected chi connectivity index (χ4v) is 2.86. The number of aromatic nitrogens is 2. The average Bonchev–Trinajstić information content (AvgIpc) is 2.76. The monoisotopic (exact) mass is 526 g/mol. The maximum Gasteiger partial charge on any atom is 0.434 e. The lowest BCUT2D eigenvalue weighted by Gasteiger charge is -2.16. The Labute approximate surface area is 195 Å². The van der Waals surface area contributed by atoms with Crippen LogP contribution in [0.2, 0.25) is 0 Å². The van der Waals surface area contributed by atoms with Crippen LogP contribution in [-0.2, 0) is 25.1 Å². The van der Waals surface area contributed by atoms with E-state index in [-0.39, 0.29) is 24.7 Å². The number of hydrogen-bond acceptors (Lipinski definition) is 4. The van der Waals surface area contributed by atoms with Crippen LogP contribution < -0.4 is 10.6 Å². The normalized spacial score (nSPS) is 12.4. The fraction of sp³-hybridized carbons (Fsp3) is 0.190. The van der Waals surface area contributed by atoms with Crippen molar-refractivity contribution in [2.45, 2.75) is 25.1 Å². The Bertz CT molecular complexity index is 1220. The first-order valence-corrected chi connectivity index (χ1v) is 9.57. The number of halogens is 10. The molecule has 0 spiro atoms. The second kappa shape index (κ2) is 9.62. The highest BCUT2D eigenvalue weighted by atomic mass is 19.4. The van der Waals surface area contributed by atoms with Gasteiger partial charge in [0.2, 0.25) is 5.95 Å². The lowest BCUT2D eigenvalue weighted by molar-refractivity contribution is -0.143. The molecule has 3 rings (SSSR count). The van der Waals surface area contributed by atoms with Gasteiger partial charge in [0.1, 0.15) is 5.82 Å². The predicted molar refractivity (Wildman–Crippen MR) is 104 cm³/mol. The molecule has 0 saturated heterocycles. The SMILES string of the molecule is O=C(NCc1ccc(F)cc1)c1cnc(Nc2cc(C(F)(F)F)cc(C(F)(F)F)c2)nc1C(F)(F)F. The molecule has 0 fully saturated rings. The van der Waals surface area contributed by atoms with Crippen LogP contribution in [0.5, 0.6) is 0 Å². The fourth-order valence-electron chi connectivity index (χ4n) is 2.86. The van der Waals surface area contributed by atoms with Crippen LogP contribution in [0.25, 0.3) is 0 Å². The van der Waals surface area contributed by atoms with Gasteiger partial charge >= 0.3 is 18.5 Å². The highest BCUT2D eigenvalue weighted by molar-refractivity contribution is 5.95. The Balaban J connectivity index is 1.92. The third-order valence-corrected chi connectivity index (χ3v) is 4.51. The average molecular weight is 526 g/mol. The van der Waals surface area contributed by atoms with Crippen molar-refractivity contribution >= 4 is 17.5 Å². The number of nitrogens with one attached hydrogen (secondary N) is 2. The Morgan fingerprint density at radius 1 is 0.806 bits per heavy atom. The van der Waals surface area contributed by atoms with Crippen molar-refractivity contribution in [3.05, 3.63) is 82.4 Å². The van der Waals surface area contributed by atoms with E-state index in [0.29, 0.717) is 11.8 Å². The summed E-state index contributed by atoms with van der Waals surface area (Å²) in [6.45, 7) is -0.291. The van der Waals surface area contributed by atoms with E-state index in [4.69, 9.17) is 0 Å². The summed E-state index contributed by atoms with van der Waals surface area (Å²) in [6, 6.07) is 4.96. The smallest absolute Gasteiger partial charge is 0.348 e. The molecule has 1 heterocycles. The van der Waals surface area contributed by atoms with Crippen LogP contribution >= 0.6 is 0 Å². The molecule has 0 saturated carbocycles. The molecule has 15 heteroatoms. The summed E-state index contributed by atoms with van der Waals surface area (Å²) in [4.78, 5) is 18.8. The molecule has 5 nitrogen and oxygen atoms in total. The molecule has 0 aliphatic heterocycles. The van der Waals surface area contributed by atoms with Crippen molar-refractivity contribution in [3.63, 3.8) is 0 Å². The quantitative estimate of drug-likeness (QED) is 0.381. The summed E-state index contributed by atoms with van der Waals surface area (Å²) in [5.74, 6) is -2.87. The maximum absolute atomic E-state index is 13.5. The molecule has 1 amide bonds. The van der Waals surface area contributed by atoms with Gasteiger partial charge in [0, 0.05) is 18.4 Å². The molecule has 3 aromatic rings. The molecule has 0 aliphatic carbocycles. The minimum absolute atomic E-state index is 0.165. The molecule has 2 N–H and O–H groups in total. The number of benzene rings is 2. The van der Waals surface area contributed by atoms with Crippen LogP contribution in [0.3, 0.4) is 0 Å². The number of rotatable bonds is 5. The molecule has 2 aromatic carbocycles. The third-order valence-electron chi connectivity index (χ3n) is 4.51. The number of anilines is 2. The summed E-state index contributed by atoms with van der Waals surface area (Å²) in [5.41, 5.74) is -6.82. The first kappa shape index (κ1) is 26.7. The van der Waals surface area contributed by atoms with Crippen molar-refractivity contribution in [1.82, 2.24) is 15.3 Å². The van der Waals surface area contributed by atoms with Gasteiger partial charge in [0.05, 0.1) is 16.7 Å². The molecular weight excluding hydrogens is 514 g/mol. The predicted octanol–water partition coefficient (Wildman–Crippen LogP) is 6.35. The first-order chi connectivity index (χ1) is 16.5. The minimum Gasteiger partial charge on any atom is -0.348 e. The number of amides is 1. The lowest BCUT2D eigenvalue weighted by atomic mass is 10.1. The summed E-state index contributed by atoms with van der Waals surface area (Å²) < 4.78 is 132. The van der Waals surface area contributed by atoms with Crippen LogP contribution in [-0.4, -0.2) is 15.9 Å². The summed E-state index contributed by atoms with van der Waals surface area (Å²) in [5, 5.41) is 4.03. The van der Waals surface area contributed by atoms with Crippen molar-refractivity contribution in [2.75, 3.05) is 5.32 Å². The maximum atomic E-state index is 13.5. The summed E-state index contributed by atoms with van der Waals surface area (Å²) >= 11 is 0. The van der Waals surface area contributed by atoms with Gasteiger partial charge in [-0.3, -0.25) is 4.79 Å². The van der Waals surface area contributed by atoms with Gasteiger partial charge in [0.25, 0.3) is 5.91 Å². The van der Waals surface area contributed by atoms with E-state index >= 15 is 0 Å². The van der Waals surface area contributed by atoms with Crippen molar-refractivity contribution < 1.29 is 48.7 Å². The molecule has 0 atom stereocenters. The van der Waals surface area contributed by atoms with Gasteiger partial charge in [-0.15, -0.1) is 0 Å². The molecule has 0 radical (unpaired) electrons. The van der Waals surface area contributed by atoms with Gasteiger partial charge < -0.3 is 10.6 Å². The Hall–Kier alpha value is -3.91. The van der Waals surface area contributed by atoms with Crippen LogP contribution in [0.4, 0.5) is 55.5 Å². The highest BCUT2D eigenvalue weighted by Crippen LogP contribution is 2.38. The standard InChI is InChI=1S/C21H12F10N4O/c22-13-3-1-10(2-4-13)8-32-17(36)15-9-33-18(35-16(15)21(29,30)31)34-14-6-11(19(23,24)25)5-12(7-14)20(26,27)28/h1-7,9H,8H2,(H,32,36)(H,33,34,35). The van der Waals surface area contributed by atoms with Crippen molar-refractivity contribution in [2.24, 2.45) is 0 Å². The Kier molecular flexibility index (Phi) is 7.13. The topological polar surface area (TPSA) is 66.9 Å². The van der Waals surface area contributed by atoms with Gasteiger partial charge in [0.15, 0.2) is 5.69 Å². The number of nitrogens with zero attached hydrogens (tertiary/aromatic N) is 2. The van der Waals surface area contributed by atoms with Crippen molar-refractivity contribution in [3.8, 4) is 0 Å². The zero-order valence-corrected chi connectivity index (χ0v) is 17.4. The summed E-state index contributed by atoms with van der Waals surface area (Å²) in [6.07, 6.45) is -15.2. The van der Waals surface area contributed by atoms with Crippen molar-refractivity contribution in [1.29, 1.82) is 0 Å². The molecular formula is C21H12F10N4O. The van der Waals surface area contributed by atoms with E-state index < -0.39 is 64.3 Å². The zero-order valence-electron chi connectivity index (χ0n) is 17.4. The second-order valence-corrected chi connectivity index (χ2v) is 7.18. The number of carbonyl (C=O) groups excluding carboxylic acids is 1. The number of alkyl halides is 9. The Morgan fingerprint density at radius 3 is 1.86 bits per heavy atom. The van der Waals surface area contributed by atoms with Crippen LogP contribution in [0.15, 0.2) is 48.7 Å². The molecule has 0 aliphatic rings. The minimum atomic E-state index is -5.24. The number of hydrogen-bond donors (Lipinski definition) is 2. The van der Waals surface area contributed by atoms with E-state index in [1.165, 1.54) is 12.1 Å². The van der Waals surface area contributed by atoms with E-state index in [9.17, 15) is 48.7 Å². The molecule has 192 valence electrons. The molecule has 1 aromatic heterocycles. The van der Waals surface area contributed by atoms with Gasteiger partial charge in [-0.05, 0) is 35.9 Å². The largest absolute Gasteiger partial charge is 0.434 e.